The molecule has 1 aromatic carbocycles. The van der Waals surface area contributed by atoms with Crippen molar-refractivity contribution in [1.82, 2.24) is 4.72 Å². The predicted molar refractivity (Wildman–Crippen MR) is 77.4 cm³/mol. The van der Waals surface area contributed by atoms with Crippen LogP contribution in [0.15, 0.2) is 27.6 Å². The first kappa shape index (κ1) is 15.9. The Morgan fingerprint density at radius 1 is 1.40 bits per heavy atom. The Kier molecular flexibility index (Phi) is 4.84. The van der Waals surface area contributed by atoms with Gasteiger partial charge >= 0.3 is 0 Å². The van der Waals surface area contributed by atoms with Crippen molar-refractivity contribution in [2.24, 2.45) is 5.41 Å². The van der Waals surface area contributed by atoms with E-state index in [1.54, 1.807) is 0 Å². The first-order valence-electron chi connectivity index (χ1n) is 6.35. The molecule has 1 aliphatic rings. The maximum absolute atomic E-state index is 13.7. The summed E-state index contributed by atoms with van der Waals surface area (Å²) in [4.78, 5) is -0.323. The van der Waals surface area contributed by atoms with Crippen molar-refractivity contribution < 1.29 is 17.5 Å². The number of rotatable bonds is 4. The summed E-state index contributed by atoms with van der Waals surface area (Å²) in [5.74, 6) is -0.760. The smallest absolute Gasteiger partial charge is 0.243 e. The molecule has 1 aliphatic heterocycles. The molecule has 1 fully saturated rings. The lowest BCUT2D eigenvalue weighted by Crippen LogP contribution is -2.39. The topological polar surface area (TPSA) is 55.4 Å². The van der Waals surface area contributed by atoms with Crippen LogP contribution in [0.5, 0.6) is 0 Å². The molecule has 2 rings (SSSR count). The van der Waals surface area contributed by atoms with E-state index in [0.29, 0.717) is 17.7 Å². The second kappa shape index (κ2) is 6.09. The molecule has 20 heavy (non-hydrogen) atoms. The Morgan fingerprint density at radius 3 is 2.65 bits per heavy atom. The standard InChI is InChI=1S/C13H17BrFNO3S/c1-13(4-6-19-7-5-13)9-16-20(17,18)12-3-2-10(14)8-11(12)15/h2-3,8,16H,4-7,9H2,1H3. The van der Waals surface area contributed by atoms with Gasteiger partial charge in [-0.05, 0) is 36.5 Å². The Hall–Kier alpha value is -0.500. The van der Waals surface area contributed by atoms with E-state index in [1.165, 1.54) is 12.1 Å². The molecule has 1 heterocycles. The normalized spacial score (nSPS) is 18.9. The van der Waals surface area contributed by atoms with Gasteiger partial charge in [0.15, 0.2) is 0 Å². The van der Waals surface area contributed by atoms with E-state index in [0.717, 1.165) is 18.9 Å². The highest BCUT2D eigenvalue weighted by Crippen LogP contribution is 2.29. The van der Waals surface area contributed by atoms with Crippen molar-refractivity contribution in [2.45, 2.75) is 24.7 Å². The highest BCUT2D eigenvalue weighted by molar-refractivity contribution is 9.10. The Bertz CT molecular complexity index is 585. The lowest BCUT2D eigenvalue weighted by Gasteiger charge is -2.33. The van der Waals surface area contributed by atoms with Gasteiger partial charge < -0.3 is 4.74 Å². The van der Waals surface area contributed by atoms with Gasteiger partial charge in [0.25, 0.3) is 0 Å². The van der Waals surface area contributed by atoms with Gasteiger partial charge in [0.2, 0.25) is 10.0 Å². The molecule has 0 amide bonds. The molecule has 0 saturated carbocycles. The van der Waals surface area contributed by atoms with Crippen LogP contribution in [0.4, 0.5) is 4.39 Å². The summed E-state index contributed by atoms with van der Waals surface area (Å²) in [6.07, 6.45) is 1.58. The van der Waals surface area contributed by atoms with Crippen LogP contribution < -0.4 is 4.72 Å². The van der Waals surface area contributed by atoms with E-state index in [9.17, 15) is 12.8 Å². The highest BCUT2D eigenvalue weighted by Gasteiger charge is 2.30. The van der Waals surface area contributed by atoms with Crippen LogP contribution in [0.2, 0.25) is 0 Å². The third-order valence-electron chi connectivity index (χ3n) is 3.57. The van der Waals surface area contributed by atoms with E-state index >= 15 is 0 Å². The second-order valence-corrected chi connectivity index (χ2v) is 7.97. The average molecular weight is 366 g/mol. The molecular weight excluding hydrogens is 349 g/mol. The molecule has 0 atom stereocenters. The molecular formula is C13H17BrFNO3S. The average Bonchev–Trinajstić information content (AvgIpc) is 2.37. The van der Waals surface area contributed by atoms with Gasteiger partial charge in [-0.1, -0.05) is 22.9 Å². The third kappa shape index (κ3) is 3.78. The quantitative estimate of drug-likeness (QED) is 0.892. The Morgan fingerprint density at radius 2 is 2.05 bits per heavy atom. The molecule has 1 saturated heterocycles. The first-order valence-corrected chi connectivity index (χ1v) is 8.63. The highest BCUT2D eigenvalue weighted by atomic mass is 79.9. The van der Waals surface area contributed by atoms with Crippen molar-refractivity contribution in [3.8, 4) is 0 Å². The SMILES string of the molecule is CC1(CNS(=O)(=O)c2ccc(Br)cc2F)CCOCC1. The van der Waals surface area contributed by atoms with Gasteiger partial charge in [0.1, 0.15) is 10.7 Å². The molecule has 0 aromatic heterocycles. The number of nitrogens with one attached hydrogen (secondary N) is 1. The lowest BCUT2D eigenvalue weighted by atomic mass is 9.83. The number of halogens is 2. The summed E-state index contributed by atoms with van der Waals surface area (Å²) in [6, 6.07) is 3.91. The maximum Gasteiger partial charge on any atom is 0.243 e. The Balaban J connectivity index is 2.11. The largest absolute Gasteiger partial charge is 0.381 e. The molecule has 1 N–H and O–H groups in total. The zero-order valence-corrected chi connectivity index (χ0v) is 13.6. The van der Waals surface area contributed by atoms with E-state index in [1.807, 2.05) is 6.92 Å². The van der Waals surface area contributed by atoms with Crippen LogP contribution >= 0.6 is 15.9 Å². The van der Waals surface area contributed by atoms with Crippen molar-refractivity contribution in [3.05, 3.63) is 28.5 Å². The molecule has 0 radical (unpaired) electrons. The minimum absolute atomic E-state index is 0.142. The van der Waals surface area contributed by atoms with Gasteiger partial charge in [-0.3, -0.25) is 0 Å². The molecule has 0 bridgehead atoms. The van der Waals surface area contributed by atoms with Crippen molar-refractivity contribution in [1.29, 1.82) is 0 Å². The Labute approximate surface area is 126 Å². The van der Waals surface area contributed by atoms with Gasteiger partial charge in [0, 0.05) is 24.2 Å². The summed E-state index contributed by atoms with van der Waals surface area (Å²) < 4.78 is 46.3. The van der Waals surface area contributed by atoms with Crippen LogP contribution in [0.25, 0.3) is 0 Å². The summed E-state index contributed by atoms with van der Waals surface area (Å²) >= 11 is 3.10. The van der Waals surface area contributed by atoms with Crippen molar-refractivity contribution in [2.75, 3.05) is 19.8 Å². The number of benzene rings is 1. The van der Waals surface area contributed by atoms with Gasteiger partial charge in [0.05, 0.1) is 0 Å². The van der Waals surface area contributed by atoms with Gasteiger partial charge in [-0.2, -0.15) is 0 Å². The van der Waals surface area contributed by atoms with Crippen LogP contribution in [0.3, 0.4) is 0 Å². The zero-order chi connectivity index (χ0) is 14.8. The molecule has 0 spiro atoms. The predicted octanol–water partition coefficient (Wildman–Crippen LogP) is 2.68. The van der Waals surface area contributed by atoms with E-state index in [2.05, 4.69) is 20.7 Å². The maximum atomic E-state index is 13.7. The molecule has 4 nitrogen and oxygen atoms in total. The molecule has 1 aromatic rings. The summed E-state index contributed by atoms with van der Waals surface area (Å²) in [7, 11) is -3.83. The minimum atomic E-state index is -3.83. The second-order valence-electron chi connectivity index (χ2n) is 5.32. The molecule has 7 heteroatoms. The van der Waals surface area contributed by atoms with Gasteiger partial charge in [-0.15, -0.1) is 0 Å². The van der Waals surface area contributed by atoms with E-state index < -0.39 is 15.8 Å². The monoisotopic (exact) mass is 365 g/mol. The minimum Gasteiger partial charge on any atom is -0.381 e. The number of ether oxygens (including phenoxy) is 1. The van der Waals surface area contributed by atoms with Crippen LogP contribution in [0, 0.1) is 11.2 Å². The fourth-order valence-corrected chi connectivity index (χ4v) is 3.67. The molecule has 0 unspecified atom stereocenters. The lowest BCUT2D eigenvalue weighted by molar-refractivity contribution is 0.0264. The van der Waals surface area contributed by atoms with Crippen molar-refractivity contribution >= 4 is 26.0 Å². The van der Waals surface area contributed by atoms with Gasteiger partial charge in [-0.25, -0.2) is 17.5 Å². The van der Waals surface area contributed by atoms with Crippen LogP contribution in [-0.2, 0) is 14.8 Å². The number of hydrogen-bond acceptors (Lipinski definition) is 3. The molecule has 0 aliphatic carbocycles. The number of sulfonamides is 1. The van der Waals surface area contributed by atoms with Crippen LogP contribution in [0.1, 0.15) is 19.8 Å². The summed E-state index contributed by atoms with van der Waals surface area (Å²) in [5.41, 5.74) is -0.142. The first-order chi connectivity index (χ1) is 9.32. The summed E-state index contributed by atoms with van der Waals surface area (Å²) in [5, 5.41) is 0. The molecule has 112 valence electrons. The van der Waals surface area contributed by atoms with Crippen LogP contribution in [-0.4, -0.2) is 28.2 Å². The number of hydrogen-bond donors (Lipinski definition) is 1. The third-order valence-corrected chi connectivity index (χ3v) is 5.50. The fourth-order valence-electron chi connectivity index (χ4n) is 2.08. The zero-order valence-electron chi connectivity index (χ0n) is 11.2. The van der Waals surface area contributed by atoms with E-state index in [4.69, 9.17) is 4.74 Å². The summed E-state index contributed by atoms with van der Waals surface area (Å²) in [6.45, 7) is 3.56. The fraction of sp³-hybridized carbons (Fsp3) is 0.538. The van der Waals surface area contributed by atoms with E-state index in [-0.39, 0.29) is 16.9 Å². The van der Waals surface area contributed by atoms with Crippen molar-refractivity contribution in [3.63, 3.8) is 0 Å².